The van der Waals surface area contributed by atoms with Crippen LogP contribution < -0.4 is 19.7 Å². The van der Waals surface area contributed by atoms with E-state index >= 15 is 0 Å². The van der Waals surface area contributed by atoms with Gasteiger partial charge in [-0.2, -0.15) is 0 Å². The highest BCUT2D eigenvalue weighted by Gasteiger charge is 2.37. The Hall–Kier alpha value is -5.07. The number of amides is 1. The average Bonchev–Trinajstić information content (AvgIpc) is 3.06. The second-order valence-corrected chi connectivity index (χ2v) is 10.3. The first-order valence-electron chi connectivity index (χ1n) is 14.1. The van der Waals surface area contributed by atoms with E-state index in [1.165, 1.54) is 0 Å². The molecule has 0 aliphatic heterocycles. The molecule has 0 bridgehead atoms. The smallest absolute Gasteiger partial charge is 0.261 e. The van der Waals surface area contributed by atoms with Gasteiger partial charge in [-0.25, -0.2) is 4.98 Å². The Bertz CT molecular complexity index is 1730. The first-order valence-corrected chi connectivity index (χ1v) is 14.5. The normalized spacial score (nSPS) is 15.8. The second kappa shape index (κ2) is 12.8. The summed E-state index contributed by atoms with van der Waals surface area (Å²) >= 11 is 7.26. The lowest BCUT2D eigenvalue weighted by molar-refractivity contribution is 0.0988. The van der Waals surface area contributed by atoms with Crippen LogP contribution in [0.4, 0.5) is 11.5 Å². The molecule has 0 fully saturated rings. The van der Waals surface area contributed by atoms with Crippen molar-refractivity contribution in [2.45, 2.75) is 19.1 Å². The van der Waals surface area contributed by atoms with Gasteiger partial charge in [0.05, 0.1) is 22.0 Å². The van der Waals surface area contributed by atoms with Crippen LogP contribution in [0.5, 0.6) is 11.5 Å². The van der Waals surface area contributed by atoms with Gasteiger partial charge in [0.15, 0.2) is 12.2 Å². The van der Waals surface area contributed by atoms with Gasteiger partial charge in [0, 0.05) is 23.9 Å². The first-order chi connectivity index (χ1) is 21.1. The zero-order chi connectivity index (χ0) is 29.6. The predicted molar refractivity (Wildman–Crippen MR) is 171 cm³/mol. The third-order valence-corrected chi connectivity index (χ3v) is 7.62. The van der Waals surface area contributed by atoms with Crippen LogP contribution in [-0.4, -0.2) is 17.4 Å². The van der Waals surface area contributed by atoms with Crippen molar-refractivity contribution < 1.29 is 14.3 Å². The summed E-state index contributed by atoms with van der Waals surface area (Å²) in [5, 5.41) is 3.95. The van der Waals surface area contributed by atoms with Gasteiger partial charge >= 0.3 is 0 Å². The number of halogens is 1. The zero-order valence-corrected chi connectivity index (χ0v) is 24.3. The molecular weight excluding hydrogens is 558 g/mol. The van der Waals surface area contributed by atoms with Crippen LogP contribution in [0.3, 0.4) is 0 Å². The molecule has 2 unspecified atom stereocenters. The SMILES string of the molecule is CCN(C(=O)c1ccccc1NC1=C(Cl)C(Oc2ccccc2)c2ccccc2C1Oc1ccccc1)c1ccccn1. The highest BCUT2D eigenvalue weighted by atomic mass is 35.5. The van der Waals surface area contributed by atoms with Crippen LogP contribution in [0.1, 0.15) is 40.6 Å². The van der Waals surface area contributed by atoms with E-state index < -0.39 is 12.2 Å². The second-order valence-electron chi connectivity index (χ2n) is 9.92. The van der Waals surface area contributed by atoms with Crippen molar-refractivity contribution in [2.24, 2.45) is 0 Å². The number of nitrogens with zero attached hydrogens (tertiary/aromatic N) is 2. The molecular formula is C36H30ClN3O3. The Balaban J connectivity index is 1.44. The van der Waals surface area contributed by atoms with E-state index in [0.717, 1.165) is 11.1 Å². The topological polar surface area (TPSA) is 63.7 Å². The van der Waals surface area contributed by atoms with E-state index in [4.69, 9.17) is 21.1 Å². The maximum absolute atomic E-state index is 13.9. The van der Waals surface area contributed by atoms with Crippen molar-refractivity contribution in [3.8, 4) is 11.5 Å². The van der Waals surface area contributed by atoms with Gasteiger partial charge < -0.3 is 14.8 Å². The van der Waals surface area contributed by atoms with Gasteiger partial charge in [0.2, 0.25) is 0 Å². The highest BCUT2D eigenvalue weighted by Crippen LogP contribution is 2.46. The molecule has 1 heterocycles. The van der Waals surface area contributed by atoms with E-state index in [2.05, 4.69) is 10.3 Å². The summed E-state index contributed by atoms with van der Waals surface area (Å²) in [6, 6.07) is 40.1. The van der Waals surface area contributed by atoms with Crippen molar-refractivity contribution in [2.75, 3.05) is 16.8 Å². The lowest BCUT2D eigenvalue weighted by atomic mass is 9.89. The number of nitrogens with one attached hydrogen (secondary N) is 1. The van der Waals surface area contributed by atoms with Gasteiger partial charge in [0.1, 0.15) is 17.3 Å². The minimum absolute atomic E-state index is 0.185. The summed E-state index contributed by atoms with van der Waals surface area (Å²) < 4.78 is 13.1. The van der Waals surface area contributed by atoms with Crippen LogP contribution in [-0.2, 0) is 0 Å². The molecule has 43 heavy (non-hydrogen) atoms. The van der Waals surface area contributed by atoms with Crippen LogP contribution in [0.25, 0.3) is 0 Å². The van der Waals surface area contributed by atoms with Crippen LogP contribution >= 0.6 is 11.6 Å². The molecule has 0 saturated carbocycles. The van der Waals surface area contributed by atoms with E-state index in [1.54, 1.807) is 17.2 Å². The van der Waals surface area contributed by atoms with Gasteiger partial charge in [-0.3, -0.25) is 9.69 Å². The molecule has 5 aromatic rings. The summed E-state index contributed by atoms with van der Waals surface area (Å²) in [6.45, 7) is 2.38. The minimum Gasteiger partial charge on any atom is -0.480 e. The highest BCUT2D eigenvalue weighted by molar-refractivity contribution is 6.31. The molecule has 0 spiro atoms. The quantitative estimate of drug-likeness (QED) is 0.187. The standard InChI is InChI=1S/C36H30ClN3O3/c1-2-40(31-23-13-14-24-38-31)36(41)29-21-11-12-22-30(29)39-33-32(37)34(42-25-15-5-3-6-16-25)27-19-9-10-20-28(27)35(33)43-26-17-7-4-8-18-26/h3-24,34-35,39H,2H2,1H3. The Morgan fingerprint density at radius 2 is 1.30 bits per heavy atom. The third kappa shape index (κ3) is 5.96. The van der Waals surface area contributed by atoms with Gasteiger partial charge in [-0.1, -0.05) is 90.5 Å². The monoisotopic (exact) mass is 587 g/mol. The Morgan fingerprint density at radius 1 is 0.744 bits per heavy atom. The summed E-state index contributed by atoms with van der Waals surface area (Å²) in [5.41, 5.74) is 3.47. The molecule has 1 N–H and O–H groups in total. The Labute approximate surface area is 256 Å². The molecule has 1 amide bonds. The summed E-state index contributed by atoms with van der Waals surface area (Å²) in [6.07, 6.45) is 0.489. The molecule has 7 heteroatoms. The number of rotatable bonds is 9. The number of benzene rings is 4. The third-order valence-electron chi connectivity index (χ3n) is 7.22. The molecule has 0 radical (unpaired) electrons. The first kappa shape index (κ1) is 28.1. The number of hydrogen-bond acceptors (Lipinski definition) is 5. The van der Waals surface area contributed by atoms with Crippen LogP contribution in [0.15, 0.2) is 144 Å². The van der Waals surface area contributed by atoms with Crippen molar-refractivity contribution in [1.82, 2.24) is 4.98 Å². The number of carbonyl (C=O) groups is 1. The number of ether oxygens (including phenoxy) is 2. The fourth-order valence-electron chi connectivity index (χ4n) is 5.17. The molecule has 6 rings (SSSR count). The molecule has 6 nitrogen and oxygen atoms in total. The number of pyridine rings is 1. The van der Waals surface area contributed by atoms with E-state index in [9.17, 15) is 4.79 Å². The molecule has 0 saturated heterocycles. The number of hydrogen-bond donors (Lipinski definition) is 1. The fraction of sp³-hybridized carbons (Fsp3) is 0.111. The maximum Gasteiger partial charge on any atom is 0.261 e. The van der Waals surface area contributed by atoms with Crippen molar-refractivity contribution in [3.05, 3.63) is 161 Å². The number of fused-ring (bicyclic) bond motifs is 1. The van der Waals surface area contributed by atoms with Gasteiger partial charge in [0.25, 0.3) is 5.91 Å². The van der Waals surface area contributed by atoms with E-state index in [0.29, 0.717) is 45.8 Å². The summed E-state index contributed by atoms with van der Waals surface area (Å²) in [7, 11) is 0. The molecule has 2 atom stereocenters. The summed E-state index contributed by atoms with van der Waals surface area (Å²) in [5.74, 6) is 1.77. The molecule has 4 aromatic carbocycles. The number of anilines is 2. The minimum atomic E-state index is -0.595. The summed E-state index contributed by atoms with van der Waals surface area (Å²) in [4.78, 5) is 20.0. The molecule has 1 aliphatic rings. The molecule has 1 aliphatic carbocycles. The van der Waals surface area contributed by atoms with Crippen LogP contribution in [0, 0.1) is 0 Å². The van der Waals surface area contributed by atoms with Crippen molar-refractivity contribution in [1.29, 1.82) is 0 Å². The predicted octanol–water partition coefficient (Wildman–Crippen LogP) is 8.56. The molecule has 1 aromatic heterocycles. The lowest BCUT2D eigenvalue weighted by Crippen LogP contribution is -2.32. The number of aromatic nitrogens is 1. The van der Waals surface area contributed by atoms with Crippen LogP contribution in [0.2, 0.25) is 0 Å². The van der Waals surface area contributed by atoms with Gasteiger partial charge in [-0.15, -0.1) is 0 Å². The Kier molecular flexibility index (Phi) is 8.38. The maximum atomic E-state index is 13.9. The Morgan fingerprint density at radius 3 is 1.93 bits per heavy atom. The van der Waals surface area contributed by atoms with Crippen molar-refractivity contribution >= 4 is 29.0 Å². The largest absolute Gasteiger partial charge is 0.480 e. The molecule has 214 valence electrons. The zero-order valence-electron chi connectivity index (χ0n) is 23.6. The van der Waals surface area contributed by atoms with Crippen molar-refractivity contribution in [3.63, 3.8) is 0 Å². The number of carbonyl (C=O) groups excluding carboxylic acids is 1. The average molecular weight is 588 g/mol. The van der Waals surface area contributed by atoms with Gasteiger partial charge in [-0.05, 0) is 55.5 Å². The lowest BCUT2D eigenvalue weighted by Gasteiger charge is -2.35. The fourth-order valence-corrected chi connectivity index (χ4v) is 5.48. The number of para-hydroxylation sites is 3. The van der Waals surface area contributed by atoms with E-state index in [1.807, 2.05) is 128 Å². The van der Waals surface area contributed by atoms with E-state index in [-0.39, 0.29) is 5.91 Å².